The molecule has 62 valence electrons. The lowest BCUT2D eigenvalue weighted by molar-refractivity contribution is 0.211. The van der Waals surface area contributed by atoms with E-state index in [1.807, 2.05) is 6.07 Å². The molecule has 1 heterocycles. The van der Waals surface area contributed by atoms with Gasteiger partial charge in [0, 0.05) is 10.0 Å². The van der Waals surface area contributed by atoms with Gasteiger partial charge in [-0.2, -0.15) is 0 Å². The molecular weight excluding hydrogens is 241 g/mol. The highest BCUT2D eigenvalue weighted by Gasteiger charge is 2.31. The number of hydrogen-bond acceptors (Lipinski definition) is 2. The minimum absolute atomic E-state index is 0.624. The highest BCUT2D eigenvalue weighted by molar-refractivity contribution is 9.10. The van der Waals surface area contributed by atoms with E-state index >= 15 is 0 Å². The van der Waals surface area contributed by atoms with Crippen LogP contribution in [0.4, 0.5) is 5.69 Å². The van der Waals surface area contributed by atoms with E-state index in [0.29, 0.717) is 5.56 Å². The molecule has 0 amide bonds. The Morgan fingerprint density at radius 3 is 3.00 bits per heavy atom. The molecule has 1 atom stereocenters. The summed E-state index contributed by atoms with van der Waals surface area (Å²) in [4.78, 5) is 3.97. The van der Waals surface area contributed by atoms with E-state index in [-0.39, 0.29) is 0 Å². The van der Waals surface area contributed by atoms with Crippen LogP contribution < -0.4 is 0 Å². The summed E-state index contributed by atoms with van der Waals surface area (Å²) >= 11 is 9.05. The maximum absolute atomic E-state index is 9.57. The standard InChI is InChI=1S/C8H5BrClNO/c9-5-1-2-7-6(3-5)8(10,12)4-11-7/h1-4,12H. The number of rotatable bonds is 0. The largest absolute Gasteiger partial charge is 0.366 e. The Balaban J connectivity index is 2.63. The lowest BCUT2D eigenvalue weighted by atomic mass is 10.1. The summed E-state index contributed by atoms with van der Waals surface area (Å²) in [7, 11) is 0. The topological polar surface area (TPSA) is 32.6 Å². The zero-order valence-corrected chi connectivity index (χ0v) is 8.30. The van der Waals surface area contributed by atoms with Crippen LogP contribution in [0.2, 0.25) is 0 Å². The molecular formula is C8H5BrClNO. The van der Waals surface area contributed by atoms with Gasteiger partial charge in [-0.15, -0.1) is 0 Å². The predicted octanol–water partition coefficient (Wildman–Crippen LogP) is 2.55. The van der Waals surface area contributed by atoms with E-state index in [4.69, 9.17) is 11.6 Å². The molecule has 0 saturated carbocycles. The Bertz CT molecular complexity index is 362. The van der Waals surface area contributed by atoms with Crippen molar-refractivity contribution in [2.75, 3.05) is 0 Å². The van der Waals surface area contributed by atoms with Gasteiger partial charge in [0.15, 0.2) is 0 Å². The van der Waals surface area contributed by atoms with Crippen molar-refractivity contribution in [3.63, 3.8) is 0 Å². The average Bonchev–Trinajstić information content (AvgIpc) is 2.28. The van der Waals surface area contributed by atoms with E-state index in [1.54, 1.807) is 12.1 Å². The monoisotopic (exact) mass is 245 g/mol. The molecule has 4 heteroatoms. The first-order valence-corrected chi connectivity index (χ1v) is 4.53. The van der Waals surface area contributed by atoms with Crippen LogP contribution in [0, 0.1) is 0 Å². The molecule has 0 fully saturated rings. The highest BCUT2D eigenvalue weighted by Crippen LogP contribution is 2.39. The predicted molar refractivity (Wildman–Crippen MR) is 52.0 cm³/mol. The molecule has 2 nitrogen and oxygen atoms in total. The summed E-state index contributed by atoms with van der Waals surface area (Å²) in [6.45, 7) is 0. The van der Waals surface area contributed by atoms with Gasteiger partial charge in [-0.3, -0.25) is 4.99 Å². The van der Waals surface area contributed by atoms with Crippen molar-refractivity contribution in [1.82, 2.24) is 0 Å². The van der Waals surface area contributed by atoms with Gasteiger partial charge in [0.1, 0.15) is 0 Å². The van der Waals surface area contributed by atoms with E-state index in [2.05, 4.69) is 20.9 Å². The molecule has 0 radical (unpaired) electrons. The van der Waals surface area contributed by atoms with Gasteiger partial charge < -0.3 is 5.11 Å². The first-order chi connectivity index (χ1) is 5.59. The number of aliphatic hydroxyl groups is 1. The summed E-state index contributed by atoms with van der Waals surface area (Å²) in [5, 5.41) is 8.13. The second-order valence-electron chi connectivity index (χ2n) is 2.59. The molecule has 12 heavy (non-hydrogen) atoms. The molecule has 0 saturated heterocycles. The number of hydrogen-bond donors (Lipinski definition) is 1. The number of nitrogens with zero attached hydrogens (tertiary/aromatic N) is 1. The van der Waals surface area contributed by atoms with Gasteiger partial charge in [0.25, 0.3) is 0 Å². The van der Waals surface area contributed by atoms with Crippen LogP contribution >= 0.6 is 27.5 Å². The quantitative estimate of drug-likeness (QED) is 0.701. The minimum atomic E-state index is -1.43. The highest BCUT2D eigenvalue weighted by atomic mass is 79.9. The number of fused-ring (bicyclic) bond motifs is 1. The molecule has 0 bridgehead atoms. The van der Waals surface area contributed by atoms with Crippen molar-refractivity contribution >= 4 is 39.4 Å². The molecule has 1 aliphatic heterocycles. The Morgan fingerprint density at radius 1 is 1.50 bits per heavy atom. The first-order valence-electron chi connectivity index (χ1n) is 3.36. The van der Waals surface area contributed by atoms with Crippen molar-refractivity contribution in [1.29, 1.82) is 0 Å². The number of alkyl halides is 1. The molecule has 1 aromatic carbocycles. The van der Waals surface area contributed by atoms with Gasteiger partial charge >= 0.3 is 0 Å². The van der Waals surface area contributed by atoms with Crippen molar-refractivity contribution in [2.45, 2.75) is 5.06 Å². The molecule has 0 spiro atoms. The zero-order chi connectivity index (χ0) is 8.77. The maximum atomic E-state index is 9.57. The zero-order valence-electron chi connectivity index (χ0n) is 5.96. The minimum Gasteiger partial charge on any atom is -0.366 e. The summed E-state index contributed by atoms with van der Waals surface area (Å²) < 4.78 is 0.880. The third kappa shape index (κ3) is 1.18. The van der Waals surface area contributed by atoms with E-state index < -0.39 is 5.06 Å². The van der Waals surface area contributed by atoms with Crippen LogP contribution in [-0.2, 0) is 5.06 Å². The molecule has 0 aromatic heterocycles. The van der Waals surface area contributed by atoms with Gasteiger partial charge in [0.2, 0.25) is 5.06 Å². The molecule has 1 aliphatic rings. The SMILES string of the molecule is OC1(Cl)C=Nc2ccc(Br)cc21. The van der Waals surface area contributed by atoms with Gasteiger partial charge in [-0.25, -0.2) is 0 Å². The first kappa shape index (κ1) is 8.23. The second kappa shape index (κ2) is 2.55. The fraction of sp³-hybridized carbons (Fsp3) is 0.125. The normalized spacial score (nSPS) is 25.9. The molecule has 1 N–H and O–H groups in total. The summed E-state index contributed by atoms with van der Waals surface area (Å²) in [6.07, 6.45) is 1.33. The fourth-order valence-electron chi connectivity index (χ4n) is 1.13. The molecule has 1 unspecified atom stereocenters. The van der Waals surface area contributed by atoms with Crippen molar-refractivity contribution in [3.8, 4) is 0 Å². The fourth-order valence-corrected chi connectivity index (χ4v) is 1.69. The Labute approximate surface area is 83.0 Å². The Morgan fingerprint density at radius 2 is 2.25 bits per heavy atom. The molecule has 0 aliphatic carbocycles. The van der Waals surface area contributed by atoms with E-state index in [9.17, 15) is 5.11 Å². The number of aliphatic imine (C=N–C) groups is 1. The number of halogens is 2. The lowest BCUT2D eigenvalue weighted by Crippen LogP contribution is -2.15. The smallest absolute Gasteiger partial charge is 0.203 e. The number of benzene rings is 1. The van der Waals surface area contributed by atoms with Crippen LogP contribution in [0.25, 0.3) is 0 Å². The Kier molecular flexibility index (Phi) is 1.75. The van der Waals surface area contributed by atoms with Crippen LogP contribution in [-0.4, -0.2) is 11.3 Å². The van der Waals surface area contributed by atoms with Gasteiger partial charge in [-0.1, -0.05) is 27.5 Å². The average molecular weight is 246 g/mol. The van der Waals surface area contributed by atoms with Crippen LogP contribution in [0.5, 0.6) is 0 Å². The molecule has 1 aromatic rings. The lowest BCUT2D eigenvalue weighted by Gasteiger charge is -2.11. The van der Waals surface area contributed by atoms with E-state index in [0.717, 1.165) is 10.2 Å². The Hall–Kier alpha value is -0.380. The summed E-state index contributed by atoms with van der Waals surface area (Å²) in [5.41, 5.74) is 1.34. The van der Waals surface area contributed by atoms with Crippen LogP contribution in [0.15, 0.2) is 27.7 Å². The van der Waals surface area contributed by atoms with Crippen LogP contribution in [0.3, 0.4) is 0 Å². The molecule has 2 rings (SSSR count). The van der Waals surface area contributed by atoms with Crippen molar-refractivity contribution in [3.05, 3.63) is 28.2 Å². The summed E-state index contributed by atoms with van der Waals surface area (Å²) in [6, 6.07) is 5.42. The maximum Gasteiger partial charge on any atom is 0.203 e. The van der Waals surface area contributed by atoms with E-state index in [1.165, 1.54) is 6.21 Å². The second-order valence-corrected chi connectivity index (χ2v) is 4.08. The van der Waals surface area contributed by atoms with Gasteiger partial charge in [-0.05, 0) is 18.2 Å². The third-order valence-electron chi connectivity index (χ3n) is 1.71. The van der Waals surface area contributed by atoms with Crippen molar-refractivity contribution in [2.24, 2.45) is 4.99 Å². The van der Waals surface area contributed by atoms with Crippen molar-refractivity contribution < 1.29 is 5.11 Å². The van der Waals surface area contributed by atoms with Gasteiger partial charge in [0.05, 0.1) is 11.9 Å². The summed E-state index contributed by atoms with van der Waals surface area (Å²) in [5.74, 6) is 0. The van der Waals surface area contributed by atoms with Crippen LogP contribution in [0.1, 0.15) is 5.56 Å². The third-order valence-corrected chi connectivity index (χ3v) is 2.51.